The molecule has 46 heavy (non-hydrogen) atoms. The van der Waals surface area contributed by atoms with Crippen LogP contribution in [-0.4, -0.2) is 87.7 Å². The van der Waals surface area contributed by atoms with E-state index in [1.807, 2.05) is 0 Å². The van der Waals surface area contributed by atoms with E-state index in [1.165, 1.54) is 26.4 Å². The second kappa shape index (κ2) is 14.8. The van der Waals surface area contributed by atoms with E-state index in [9.17, 15) is 21.6 Å². The van der Waals surface area contributed by atoms with Gasteiger partial charge in [0, 0.05) is 40.7 Å². The van der Waals surface area contributed by atoms with Crippen LogP contribution in [0.2, 0.25) is 25.7 Å². The molecule has 0 aliphatic heterocycles. The minimum absolute atomic E-state index is 0.0474. The highest BCUT2D eigenvalue weighted by atomic mass is 32.2. The first-order chi connectivity index (χ1) is 21.7. The summed E-state index contributed by atoms with van der Waals surface area (Å²) in [6.45, 7) is 5.97. The molecule has 1 unspecified atom stereocenters. The normalized spacial score (nSPS) is 13.2. The molecule has 1 aromatic carbocycles. The average Bonchev–Trinajstić information content (AvgIpc) is 3.46. The zero-order valence-corrected chi connectivity index (χ0v) is 27.8. The summed E-state index contributed by atoms with van der Waals surface area (Å²) >= 11 is 0. The van der Waals surface area contributed by atoms with Crippen molar-refractivity contribution >= 4 is 34.9 Å². The van der Waals surface area contributed by atoms with Gasteiger partial charge in [-0.05, 0) is 24.2 Å². The van der Waals surface area contributed by atoms with E-state index in [0.717, 1.165) is 22.6 Å². The van der Waals surface area contributed by atoms with Crippen molar-refractivity contribution in [2.24, 2.45) is 0 Å². The smallest absolute Gasteiger partial charge is 0.429 e. The van der Waals surface area contributed by atoms with Crippen LogP contribution in [0.4, 0.5) is 19.0 Å². The number of pyridine rings is 1. The van der Waals surface area contributed by atoms with Gasteiger partial charge in [-0.3, -0.25) is 4.98 Å². The SMILES string of the molecule is COCCS(=O)(=O)N(COCC[Si](C)(C)C)c1nc2ccccc2nc1OC(c1ccc(-c2noc(COC)n2)nc1)C(F)(F)F. The molecule has 13 nitrogen and oxygen atoms in total. The van der Waals surface area contributed by atoms with E-state index in [-0.39, 0.29) is 48.3 Å². The van der Waals surface area contributed by atoms with Gasteiger partial charge in [-0.1, -0.05) is 43.0 Å². The highest BCUT2D eigenvalue weighted by Crippen LogP contribution is 2.40. The second-order valence-corrected chi connectivity index (χ2v) is 18.9. The Morgan fingerprint density at radius 2 is 1.70 bits per heavy atom. The van der Waals surface area contributed by atoms with Crippen molar-refractivity contribution in [3.05, 3.63) is 54.0 Å². The molecule has 0 aliphatic carbocycles. The van der Waals surface area contributed by atoms with E-state index in [4.69, 9.17) is 23.5 Å². The molecule has 0 radical (unpaired) electrons. The molecule has 0 saturated heterocycles. The number of para-hydroxylation sites is 2. The molecule has 0 amide bonds. The fraction of sp³-hybridized carbons (Fsp3) is 0.464. The Hall–Kier alpha value is -3.71. The third kappa shape index (κ3) is 9.18. The van der Waals surface area contributed by atoms with E-state index in [2.05, 4.69) is 44.7 Å². The second-order valence-electron chi connectivity index (χ2n) is 11.3. The maximum Gasteiger partial charge on any atom is 0.429 e. The summed E-state index contributed by atoms with van der Waals surface area (Å²) in [5.74, 6) is -1.40. The van der Waals surface area contributed by atoms with Crippen molar-refractivity contribution in [1.82, 2.24) is 25.1 Å². The molecular formula is C28H35F3N6O7SSi. The number of benzene rings is 1. The Balaban J connectivity index is 1.75. The first kappa shape index (κ1) is 35.1. The first-order valence-corrected chi connectivity index (χ1v) is 19.4. The highest BCUT2D eigenvalue weighted by molar-refractivity contribution is 7.92. The summed E-state index contributed by atoms with van der Waals surface area (Å²) in [4.78, 5) is 16.9. The largest absolute Gasteiger partial charge is 0.457 e. The van der Waals surface area contributed by atoms with E-state index < -0.39 is 60.1 Å². The lowest BCUT2D eigenvalue weighted by molar-refractivity contribution is -0.198. The molecule has 0 N–H and O–H groups in total. The Labute approximate surface area is 265 Å². The first-order valence-electron chi connectivity index (χ1n) is 14.1. The van der Waals surface area contributed by atoms with Crippen LogP contribution in [0, 0.1) is 0 Å². The topological polar surface area (TPSA) is 152 Å². The molecule has 0 bridgehead atoms. The summed E-state index contributed by atoms with van der Waals surface area (Å²) in [7, 11) is -3.01. The quantitative estimate of drug-likeness (QED) is 0.0887. The number of nitrogens with zero attached hydrogens (tertiary/aromatic N) is 6. The summed E-state index contributed by atoms with van der Waals surface area (Å²) in [5, 5.41) is 3.76. The number of hydrogen-bond acceptors (Lipinski definition) is 12. The van der Waals surface area contributed by atoms with E-state index in [1.54, 1.807) is 18.2 Å². The third-order valence-electron chi connectivity index (χ3n) is 6.42. The Morgan fingerprint density at radius 3 is 2.30 bits per heavy atom. The molecule has 4 rings (SSSR count). The molecule has 1 atom stereocenters. The Morgan fingerprint density at radius 1 is 0.978 bits per heavy atom. The number of ether oxygens (including phenoxy) is 4. The summed E-state index contributed by atoms with van der Waals surface area (Å²) in [5.41, 5.74) is 0.181. The fourth-order valence-electron chi connectivity index (χ4n) is 3.98. The van der Waals surface area contributed by atoms with E-state index in [0.29, 0.717) is 0 Å². The molecule has 3 heterocycles. The third-order valence-corrected chi connectivity index (χ3v) is 9.76. The zero-order chi connectivity index (χ0) is 33.5. The number of methoxy groups -OCH3 is 2. The fourth-order valence-corrected chi connectivity index (χ4v) is 5.95. The van der Waals surface area contributed by atoms with Gasteiger partial charge in [0.15, 0.2) is 0 Å². The summed E-state index contributed by atoms with van der Waals surface area (Å²) in [6, 6.07) is 9.49. The highest BCUT2D eigenvalue weighted by Gasteiger charge is 2.45. The van der Waals surface area contributed by atoms with Crippen LogP contribution in [0.1, 0.15) is 17.6 Å². The zero-order valence-electron chi connectivity index (χ0n) is 25.9. The van der Waals surface area contributed by atoms with Crippen LogP contribution in [0.3, 0.4) is 0 Å². The summed E-state index contributed by atoms with van der Waals surface area (Å²) < 4.78 is 97.8. The molecule has 0 saturated carbocycles. The number of aromatic nitrogens is 5. The minimum Gasteiger partial charge on any atom is -0.457 e. The van der Waals surface area contributed by atoms with Gasteiger partial charge in [0.05, 0.1) is 23.4 Å². The van der Waals surface area contributed by atoms with Gasteiger partial charge in [0.25, 0.3) is 11.8 Å². The van der Waals surface area contributed by atoms with Crippen LogP contribution < -0.4 is 9.04 Å². The molecule has 250 valence electrons. The lowest BCUT2D eigenvalue weighted by atomic mass is 10.1. The number of rotatable bonds is 16. The lowest BCUT2D eigenvalue weighted by Crippen LogP contribution is -2.38. The predicted molar refractivity (Wildman–Crippen MR) is 164 cm³/mol. The minimum atomic E-state index is -4.97. The van der Waals surface area contributed by atoms with Gasteiger partial charge in [-0.15, -0.1) is 0 Å². The van der Waals surface area contributed by atoms with Crippen molar-refractivity contribution in [3.63, 3.8) is 0 Å². The van der Waals surface area contributed by atoms with Crippen LogP contribution in [0.15, 0.2) is 47.1 Å². The van der Waals surface area contributed by atoms with Crippen molar-refractivity contribution in [2.45, 2.75) is 44.6 Å². The number of halogens is 3. The number of anilines is 1. The molecule has 3 aromatic heterocycles. The van der Waals surface area contributed by atoms with E-state index >= 15 is 0 Å². The predicted octanol–water partition coefficient (Wildman–Crippen LogP) is 5.00. The molecule has 0 fully saturated rings. The Bertz CT molecular complexity index is 1700. The van der Waals surface area contributed by atoms with Gasteiger partial charge >= 0.3 is 6.18 Å². The maximum absolute atomic E-state index is 14.6. The summed E-state index contributed by atoms with van der Waals surface area (Å²) in [6.07, 6.45) is -6.62. The van der Waals surface area contributed by atoms with Crippen LogP contribution in [0.25, 0.3) is 22.6 Å². The van der Waals surface area contributed by atoms with Crippen molar-refractivity contribution in [3.8, 4) is 17.4 Å². The molecule has 4 aromatic rings. The van der Waals surface area contributed by atoms with Gasteiger partial charge in [-0.25, -0.2) is 22.7 Å². The van der Waals surface area contributed by atoms with Crippen molar-refractivity contribution in [2.75, 3.05) is 44.2 Å². The molecular weight excluding hydrogens is 649 g/mol. The van der Waals surface area contributed by atoms with Crippen LogP contribution in [0.5, 0.6) is 5.88 Å². The van der Waals surface area contributed by atoms with Gasteiger partial charge in [0.2, 0.25) is 27.8 Å². The van der Waals surface area contributed by atoms with Crippen LogP contribution >= 0.6 is 0 Å². The van der Waals surface area contributed by atoms with Crippen molar-refractivity contribution < 1.29 is 45.1 Å². The Kier molecular flexibility index (Phi) is 11.3. The van der Waals surface area contributed by atoms with Gasteiger partial charge in [0.1, 0.15) is 19.0 Å². The molecule has 0 spiro atoms. The maximum atomic E-state index is 14.6. The molecule has 18 heteroatoms. The standard InChI is InChI=1S/C28H35F3N6O7SSi/c1-40-12-14-45(38,39)37(18-42-13-15-46(3,4)5)26-27(34-21-9-7-6-8-20(21)33-26)43-24(28(29,30)31)19-10-11-22(32-16-19)25-35-23(17-41-2)44-36-25/h6-11,16,24H,12-15,17-18H2,1-5H3. The number of sulfonamides is 1. The van der Waals surface area contributed by atoms with Gasteiger partial charge in [-0.2, -0.15) is 18.2 Å². The van der Waals surface area contributed by atoms with Gasteiger partial charge < -0.3 is 23.5 Å². The number of hydrogen-bond donors (Lipinski definition) is 0. The average molecular weight is 685 g/mol. The van der Waals surface area contributed by atoms with Crippen LogP contribution in [-0.2, 0) is 30.8 Å². The monoisotopic (exact) mass is 684 g/mol. The molecule has 0 aliphatic rings. The van der Waals surface area contributed by atoms with Crippen molar-refractivity contribution in [1.29, 1.82) is 0 Å². The number of alkyl halides is 3. The number of fused-ring (bicyclic) bond motifs is 1. The lowest BCUT2D eigenvalue weighted by Gasteiger charge is -2.27.